The molecule has 0 radical (unpaired) electrons. The summed E-state index contributed by atoms with van der Waals surface area (Å²) < 4.78 is 16.5. The first kappa shape index (κ1) is 45.1. The van der Waals surface area contributed by atoms with Gasteiger partial charge >= 0.3 is 17.9 Å². The monoisotopic (exact) mass is 671 g/mol. The average Bonchev–Trinajstić information content (AvgIpc) is 3.08. The molecule has 0 bridgehead atoms. The van der Waals surface area contributed by atoms with E-state index >= 15 is 0 Å². The Morgan fingerprint density at radius 3 is 1.35 bits per heavy atom. The van der Waals surface area contributed by atoms with Gasteiger partial charge in [0, 0.05) is 19.3 Å². The van der Waals surface area contributed by atoms with Crippen LogP contribution in [0.15, 0.2) is 60.8 Å². The van der Waals surface area contributed by atoms with E-state index in [9.17, 15) is 14.4 Å². The van der Waals surface area contributed by atoms with Crippen LogP contribution in [0.3, 0.4) is 0 Å². The fourth-order valence-corrected chi connectivity index (χ4v) is 4.91. The van der Waals surface area contributed by atoms with Crippen molar-refractivity contribution in [1.29, 1.82) is 0 Å². The lowest BCUT2D eigenvalue weighted by atomic mass is 10.1. The highest BCUT2D eigenvalue weighted by molar-refractivity contribution is 5.71. The predicted octanol–water partition coefficient (Wildman–Crippen LogP) is 11.8. The lowest BCUT2D eigenvalue weighted by molar-refractivity contribution is -0.167. The van der Waals surface area contributed by atoms with Gasteiger partial charge in [0.1, 0.15) is 13.2 Å². The highest BCUT2D eigenvalue weighted by atomic mass is 16.6. The minimum atomic E-state index is -0.800. The molecule has 6 heteroatoms. The molecular weight excluding hydrogens is 600 g/mol. The lowest BCUT2D eigenvalue weighted by Crippen LogP contribution is -2.30. The van der Waals surface area contributed by atoms with E-state index in [0.29, 0.717) is 19.3 Å². The first-order chi connectivity index (χ1) is 23.5. The van der Waals surface area contributed by atoms with E-state index < -0.39 is 6.10 Å². The van der Waals surface area contributed by atoms with Gasteiger partial charge in [0.05, 0.1) is 0 Å². The van der Waals surface area contributed by atoms with Gasteiger partial charge in [-0.3, -0.25) is 14.4 Å². The van der Waals surface area contributed by atoms with Crippen LogP contribution in [0, 0.1) is 0 Å². The summed E-state index contributed by atoms with van der Waals surface area (Å²) in [6.45, 7) is 6.26. The predicted molar refractivity (Wildman–Crippen MR) is 201 cm³/mol. The Bertz CT molecular complexity index is 913. The topological polar surface area (TPSA) is 78.9 Å². The van der Waals surface area contributed by atoms with Crippen LogP contribution in [0.2, 0.25) is 0 Å². The maximum atomic E-state index is 12.6. The first-order valence-corrected chi connectivity index (χ1v) is 19.3. The van der Waals surface area contributed by atoms with Crippen molar-refractivity contribution < 1.29 is 28.6 Å². The number of hydrogen-bond acceptors (Lipinski definition) is 6. The minimum Gasteiger partial charge on any atom is -0.462 e. The van der Waals surface area contributed by atoms with Crippen LogP contribution in [-0.2, 0) is 28.6 Å². The highest BCUT2D eigenvalue weighted by Gasteiger charge is 2.19. The summed E-state index contributed by atoms with van der Waals surface area (Å²) >= 11 is 0. The largest absolute Gasteiger partial charge is 0.462 e. The van der Waals surface area contributed by atoms with Crippen molar-refractivity contribution in [2.75, 3.05) is 13.2 Å². The summed E-state index contributed by atoms with van der Waals surface area (Å²) in [4.78, 5) is 37.3. The van der Waals surface area contributed by atoms with Gasteiger partial charge in [0.25, 0.3) is 0 Å². The van der Waals surface area contributed by atoms with Gasteiger partial charge in [-0.1, -0.05) is 139 Å². The van der Waals surface area contributed by atoms with Gasteiger partial charge < -0.3 is 14.2 Å². The summed E-state index contributed by atoms with van der Waals surface area (Å²) in [5.41, 5.74) is 0. The summed E-state index contributed by atoms with van der Waals surface area (Å²) in [7, 11) is 0. The number of esters is 3. The van der Waals surface area contributed by atoms with Crippen molar-refractivity contribution in [2.24, 2.45) is 0 Å². The van der Waals surface area contributed by atoms with Crippen LogP contribution in [0.1, 0.15) is 168 Å². The summed E-state index contributed by atoms with van der Waals surface area (Å²) in [5.74, 6) is -1.01. The zero-order valence-electron chi connectivity index (χ0n) is 31.0. The number of allylic oxidation sites excluding steroid dienone is 10. The molecule has 0 saturated heterocycles. The first-order valence-electron chi connectivity index (χ1n) is 19.3. The van der Waals surface area contributed by atoms with Crippen molar-refractivity contribution in [1.82, 2.24) is 0 Å². The molecule has 274 valence electrons. The van der Waals surface area contributed by atoms with Crippen LogP contribution in [0.5, 0.6) is 0 Å². The second-order valence-electron chi connectivity index (χ2n) is 12.4. The fourth-order valence-electron chi connectivity index (χ4n) is 4.91. The molecule has 0 saturated carbocycles. The molecule has 0 aliphatic heterocycles. The van der Waals surface area contributed by atoms with Gasteiger partial charge in [-0.2, -0.15) is 0 Å². The van der Waals surface area contributed by atoms with E-state index in [1.54, 1.807) is 0 Å². The summed E-state index contributed by atoms with van der Waals surface area (Å²) in [6.07, 6.45) is 42.3. The molecule has 0 aliphatic rings. The van der Waals surface area contributed by atoms with Gasteiger partial charge in [0.2, 0.25) is 0 Å². The number of rotatable bonds is 33. The maximum Gasteiger partial charge on any atom is 0.306 e. The van der Waals surface area contributed by atoms with Crippen LogP contribution in [-0.4, -0.2) is 37.2 Å². The fraction of sp³-hybridized carbons (Fsp3) is 0.690. The Kier molecular flexibility index (Phi) is 34.7. The molecule has 0 N–H and O–H groups in total. The average molecular weight is 671 g/mol. The molecule has 0 aliphatic carbocycles. The molecule has 0 rings (SSSR count). The number of hydrogen-bond donors (Lipinski definition) is 0. The SMILES string of the molecule is CC/C=C\C/C=C\C/C=C\CCCC(=O)OCC(COC(=O)CCCC/C=C\C/C=C\CC)OC(=O)CCCCCCCCCCCC. The number of carbonyl (C=O) groups is 3. The quantitative estimate of drug-likeness (QED) is 0.0299. The summed E-state index contributed by atoms with van der Waals surface area (Å²) in [6, 6.07) is 0. The third-order valence-corrected chi connectivity index (χ3v) is 7.77. The smallest absolute Gasteiger partial charge is 0.306 e. The van der Waals surface area contributed by atoms with Crippen molar-refractivity contribution in [3.05, 3.63) is 60.8 Å². The van der Waals surface area contributed by atoms with Crippen LogP contribution in [0.25, 0.3) is 0 Å². The molecule has 0 aromatic heterocycles. The molecule has 0 fully saturated rings. The maximum absolute atomic E-state index is 12.6. The van der Waals surface area contributed by atoms with Gasteiger partial charge in [-0.05, 0) is 70.6 Å². The number of ether oxygens (including phenoxy) is 3. The Morgan fingerprint density at radius 2 is 0.833 bits per heavy atom. The van der Waals surface area contributed by atoms with E-state index in [1.807, 2.05) is 0 Å². The molecule has 0 aromatic carbocycles. The zero-order chi connectivity index (χ0) is 35.2. The Hall–Kier alpha value is -2.89. The number of carbonyl (C=O) groups excluding carboxylic acids is 3. The van der Waals surface area contributed by atoms with Crippen LogP contribution < -0.4 is 0 Å². The minimum absolute atomic E-state index is 0.107. The second-order valence-corrected chi connectivity index (χ2v) is 12.4. The lowest BCUT2D eigenvalue weighted by Gasteiger charge is -2.18. The van der Waals surface area contributed by atoms with E-state index in [1.165, 1.54) is 44.9 Å². The van der Waals surface area contributed by atoms with E-state index in [0.717, 1.165) is 77.0 Å². The molecule has 6 nitrogen and oxygen atoms in total. The Balaban J connectivity index is 4.50. The van der Waals surface area contributed by atoms with E-state index in [2.05, 4.69) is 81.5 Å². The van der Waals surface area contributed by atoms with E-state index in [-0.39, 0.29) is 37.5 Å². The Morgan fingerprint density at radius 1 is 0.438 bits per heavy atom. The third-order valence-electron chi connectivity index (χ3n) is 7.77. The van der Waals surface area contributed by atoms with Gasteiger partial charge in [-0.15, -0.1) is 0 Å². The second kappa shape index (κ2) is 36.9. The standard InChI is InChI=1S/C42H70O6/c1-4-7-10-13-16-19-21-24-26-29-32-35-41(44)47-38-39(37-46-40(43)34-31-28-25-22-18-15-12-9-6-3)48-42(45)36-33-30-27-23-20-17-14-11-8-5-2/h7,9-10,12,16,18-19,22,24,26,39H,4-6,8,11,13-15,17,20-21,23,25,27-38H2,1-3H3/b10-7-,12-9-,19-16-,22-18-,26-24-. The van der Waals surface area contributed by atoms with Crippen molar-refractivity contribution in [3.63, 3.8) is 0 Å². The summed E-state index contributed by atoms with van der Waals surface area (Å²) in [5, 5.41) is 0. The van der Waals surface area contributed by atoms with Crippen molar-refractivity contribution in [3.8, 4) is 0 Å². The molecule has 48 heavy (non-hydrogen) atoms. The molecule has 0 aromatic rings. The van der Waals surface area contributed by atoms with Crippen LogP contribution in [0.4, 0.5) is 0 Å². The third kappa shape index (κ3) is 34.4. The number of unbranched alkanes of at least 4 members (excludes halogenated alkanes) is 12. The molecule has 0 amide bonds. The Labute approximate surface area is 294 Å². The molecule has 0 heterocycles. The molecule has 1 atom stereocenters. The van der Waals surface area contributed by atoms with Gasteiger partial charge in [-0.25, -0.2) is 0 Å². The highest BCUT2D eigenvalue weighted by Crippen LogP contribution is 2.12. The normalized spacial score (nSPS) is 12.6. The van der Waals surface area contributed by atoms with Gasteiger partial charge in [0.15, 0.2) is 6.10 Å². The zero-order valence-corrected chi connectivity index (χ0v) is 31.0. The van der Waals surface area contributed by atoms with E-state index in [4.69, 9.17) is 14.2 Å². The molecule has 1 unspecified atom stereocenters. The van der Waals surface area contributed by atoms with Crippen molar-refractivity contribution >= 4 is 17.9 Å². The molecule has 0 spiro atoms. The van der Waals surface area contributed by atoms with Crippen molar-refractivity contribution in [2.45, 2.75) is 175 Å². The molecular formula is C42H70O6. The van der Waals surface area contributed by atoms with Crippen LogP contribution >= 0.6 is 0 Å².